The van der Waals surface area contributed by atoms with Gasteiger partial charge in [-0.15, -0.1) is 0 Å². The number of ether oxygens (including phenoxy) is 11. The number of fused-ring (bicyclic) bond motifs is 1. The van der Waals surface area contributed by atoms with Gasteiger partial charge in [0.05, 0.1) is 68.2 Å². The highest BCUT2D eigenvalue weighted by Gasteiger charge is 2.67. The van der Waals surface area contributed by atoms with Crippen molar-refractivity contribution in [3.05, 3.63) is 0 Å². The molecule has 11 unspecified atom stereocenters. The van der Waals surface area contributed by atoms with Crippen molar-refractivity contribution in [1.29, 1.82) is 0 Å². The topological polar surface area (TPSA) is 296 Å². The second-order valence-corrected chi connectivity index (χ2v) is 44.9. The fourth-order valence-corrected chi connectivity index (χ4v) is 23.7. The number of rotatable bonds is 24. The first-order valence-electron chi connectivity index (χ1n) is 46.3. The predicted octanol–water partition coefficient (Wildman–Crippen LogP) is 24.6. The number of aliphatic hydroxyl groups is 2. The quantitative estimate of drug-likeness (QED) is 0.0670. The maximum atomic E-state index is 13.6. The van der Waals surface area contributed by atoms with Gasteiger partial charge in [-0.25, -0.2) is 4.79 Å². The lowest BCUT2D eigenvalue weighted by molar-refractivity contribution is -0.305. The molecule has 3 aliphatic heterocycles. The van der Waals surface area contributed by atoms with Crippen molar-refractivity contribution in [2.45, 2.75) is 509 Å². The number of hydrogen-bond acceptors (Lipinski definition) is 22. The molecular formula is C106H196O22. The zero-order valence-electron chi connectivity index (χ0n) is 76.9. The molecule has 0 radical (unpaired) electrons. The average Bonchev–Trinajstić information content (AvgIpc) is 0.896. The van der Waals surface area contributed by atoms with Crippen LogP contribution >= 0.6 is 0 Å². The maximum Gasteiger partial charge on any atom is 0.344 e. The van der Waals surface area contributed by atoms with Gasteiger partial charge in [0.2, 0.25) is 0 Å². The Morgan fingerprint density at radius 3 is 1.37 bits per heavy atom. The molecule has 0 amide bonds. The first-order chi connectivity index (χ1) is 54.6. The van der Waals surface area contributed by atoms with Crippen molar-refractivity contribution in [2.75, 3.05) is 13.2 Å². The van der Waals surface area contributed by atoms with E-state index in [2.05, 4.69) is 27.7 Å². The number of esters is 9. The molecule has 16 bridgehead atoms. The molecule has 22 nitrogen and oxygen atoms in total. The molecule has 0 aromatic heterocycles. The summed E-state index contributed by atoms with van der Waals surface area (Å²) in [5.74, 6) is 2.47. The zero-order valence-corrected chi connectivity index (χ0v) is 76.9. The van der Waals surface area contributed by atoms with Gasteiger partial charge < -0.3 is 62.3 Å². The van der Waals surface area contributed by atoms with E-state index in [9.17, 15) is 53.4 Å². The Kier molecular flexibility index (Phi) is 44.8. The Morgan fingerprint density at radius 2 is 0.898 bits per heavy atom. The van der Waals surface area contributed by atoms with E-state index in [-0.39, 0.29) is 212 Å². The van der Waals surface area contributed by atoms with Crippen LogP contribution in [-0.4, -0.2) is 147 Å². The van der Waals surface area contributed by atoms with Crippen LogP contribution in [-0.2, 0) is 95.3 Å². The summed E-state index contributed by atoms with van der Waals surface area (Å²) in [6.45, 7) is 44.7. The molecule has 11 atom stereocenters. The summed E-state index contributed by atoms with van der Waals surface area (Å²) in [5.41, 5.74) is -6.00. The fraction of sp³-hybridized carbons (Fsp3) is 0.915. The standard InChI is InChI=1S/C30H48O8.C19H32O2.C18H26O6.C16H26O4.C13H24O2.10CH4/c1-9-28(5,6)25(32)35-24-19-10-18-11-20(24)16-30(14-18,15-19)26(33)34-17-22-12-21(36-29(7,8)37-22)13-23(31)38-27(2,3)4;1-6-18(4,5)17(20)21-19(12(2)3)15-8-13-7-14(10-15)11-16(19)9-13;1-4-18(2,3)17(21)22-9-14(19)24-15-11-5-10-6-12(8-11)16(20)23-13(15)7-10;1-4-13(2,3)12(17)20-16-7-11-5-14(18,9-16)8-15(19,6-11)10-16;1-5-12(3,4)11(14)15-13(6-2)9-7-8-10-13;;;;;;;;;;/h18-22,24H,9-17H2,1-8H3;12-16H,6-11H2,1-5H3;10-13,15H,4-9H2,1-3H3;11,18-19H,4-10H2,1-3H3;5-10H2,1-4H3;10*1H4. The van der Waals surface area contributed by atoms with Crippen molar-refractivity contribution in [2.24, 2.45) is 104 Å². The summed E-state index contributed by atoms with van der Waals surface area (Å²) in [4.78, 5) is 112. The van der Waals surface area contributed by atoms with E-state index in [0.717, 1.165) is 121 Å². The molecule has 15 aliphatic carbocycles. The summed E-state index contributed by atoms with van der Waals surface area (Å²) in [6, 6.07) is 0. The van der Waals surface area contributed by atoms with Crippen molar-refractivity contribution in [3.8, 4) is 0 Å². The molecule has 0 aromatic rings. The van der Waals surface area contributed by atoms with Crippen LogP contribution < -0.4 is 0 Å². The van der Waals surface area contributed by atoms with Gasteiger partial charge in [0, 0.05) is 31.6 Å². The Hall–Kier alpha value is -4.93. The summed E-state index contributed by atoms with van der Waals surface area (Å²) in [6.07, 6.45) is 26.2. The minimum Gasteiger partial charge on any atom is -0.462 e. The molecule has 18 fully saturated rings. The molecule has 15 saturated carbocycles. The third-order valence-electron chi connectivity index (χ3n) is 31.4. The number of hydrogen-bond donors (Lipinski definition) is 2. The van der Waals surface area contributed by atoms with E-state index in [0.29, 0.717) is 74.5 Å². The van der Waals surface area contributed by atoms with Crippen LogP contribution in [0.5, 0.6) is 0 Å². The van der Waals surface area contributed by atoms with Crippen LogP contribution in [0.15, 0.2) is 0 Å². The average molecular weight is 1820 g/mol. The maximum absolute atomic E-state index is 13.6. The molecule has 2 N–H and O–H groups in total. The second kappa shape index (κ2) is 46.5. The van der Waals surface area contributed by atoms with Crippen LogP contribution in [0.3, 0.4) is 0 Å². The molecule has 18 aliphatic rings. The van der Waals surface area contributed by atoms with Crippen LogP contribution in [0.1, 0.15) is 439 Å². The Morgan fingerprint density at radius 1 is 0.445 bits per heavy atom. The van der Waals surface area contributed by atoms with Crippen LogP contribution in [0.25, 0.3) is 0 Å². The molecule has 0 aromatic carbocycles. The van der Waals surface area contributed by atoms with E-state index in [1.54, 1.807) is 13.8 Å². The Labute approximate surface area is 780 Å². The fourth-order valence-electron chi connectivity index (χ4n) is 23.7. The largest absolute Gasteiger partial charge is 0.462 e. The van der Waals surface area contributed by atoms with Crippen molar-refractivity contribution in [3.63, 3.8) is 0 Å². The van der Waals surface area contributed by atoms with Gasteiger partial charge in [-0.3, -0.25) is 38.4 Å². The van der Waals surface area contributed by atoms with Crippen molar-refractivity contribution < 1.29 is 105 Å². The smallest absolute Gasteiger partial charge is 0.344 e. The molecule has 3 heterocycles. The second-order valence-electron chi connectivity index (χ2n) is 44.9. The SMILES string of the molecule is C.C.C.C.C.C.C.C.C.C.CCC(C)(C)C(=O)OC1(C(C)C)C2CC3CC(C2)CC1C3.CCC(C)(C)C(=O)OC12CC3CC(O)(CC(O)(C3)C1)C2.CCC(C)(C)C(=O)OC1C2CC3CC1CC(C(=O)OCC1CC(CC(=O)OC(C)(C)C)OC(C)(C)O1)(C3)C2.CCC(C)(C)C(=O)OCC(=O)OC1C2CC3CC(C2)C(=O)OC1C3.CCC1(OC(=O)C(C)(C)CC)CCCC1. The van der Waals surface area contributed by atoms with Gasteiger partial charge in [0.1, 0.15) is 47.3 Å². The highest BCUT2D eigenvalue weighted by Crippen LogP contribution is 2.65. The normalized spacial score (nSPS) is 33.6. The third-order valence-corrected chi connectivity index (χ3v) is 31.4. The Balaban J connectivity index is 0.00000160. The Bertz CT molecular complexity index is 3510. The summed E-state index contributed by atoms with van der Waals surface area (Å²) in [5, 5.41) is 21.3. The van der Waals surface area contributed by atoms with Gasteiger partial charge in [0.15, 0.2) is 12.4 Å². The van der Waals surface area contributed by atoms with Gasteiger partial charge in [-0.1, -0.05) is 130 Å². The van der Waals surface area contributed by atoms with Crippen LogP contribution in [0.2, 0.25) is 0 Å². The van der Waals surface area contributed by atoms with Gasteiger partial charge >= 0.3 is 53.7 Å². The van der Waals surface area contributed by atoms with Crippen molar-refractivity contribution >= 4 is 53.7 Å². The molecule has 3 saturated heterocycles. The van der Waals surface area contributed by atoms with Gasteiger partial charge in [0.25, 0.3) is 0 Å². The number of carbonyl (C=O) groups excluding carboxylic acids is 9. The molecule has 752 valence electrons. The van der Waals surface area contributed by atoms with Crippen LogP contribution in [0, 0.1) is 104 Å². The van der Waals surface area contributed by atoms with E-state index in [4.69, 9.17) is 52.1 Å². The lowest BCUT2D eigenvalue weighted by Crippen LogP contribution is -2.67. The first kappa shape index (κ1) is 123. The highest BCUT2D eigenvalue weighted by molar-refractivity contribution is 5.81. The van der Waals surface area contributed by atoms with Crippen LogP contribution in [0.4, 0.5) is 0 Å². The minimum absolute atomic E-state index is 0. The molecule has 128 heavy (non-hydrogen) atoms. The lowest BCUT2D eigenvalue weighted by Gasteiger charge is -2.62. The molecular weight excluding hydrogens is 1630 g/mol. The third kappa shape index (κ3) is 28.4. The summed E-state index contributed by atoms with van der Waals surface area (Å²) < 4.78 is 63.7. The van der Waals surface area contributed by atoms with Crippen molar-refractivity contribution in [1.82, 2.24) is 0 Å². The van der Waals surface area contributed by atoms with E-state index >= 15 is 0 Å². The first-order valence-corrected chi connectivity index (χ1v) is 46.3. The lowest BCUT2D eigenvalue weighted by atomic mass is 9.47. The van der Waals surface area contributed by atoms with Gasteiger partial charge in [-0.05, 0) is 336 Å². The monoisotopic (exact) mass is 1820 g/mol. The molecule has 22 heteroatoms. The van der Waals surface area contributed by atoms with E-state index in [1.165, 1.54) is 44.9 Å². The van der Waals surface area contributed by atoms with E-state index < -0.39 is 67.9 Å². The minimum atomic E-state index is -0.897. The zero-order chi connectivity index (χ0) is 87.3. The predicted molar refractivity (Wildman–Crippen MR) is 511 cm³/mol. The summed E-state index contributed by atoms with van der Waals surface area (Å²) >= 11 is 0. The van der Waals surface area contributed by atoms with E-state index in [1.807, 2.05) is 118 Å². The summed E-state index contributed by atoms with van der Waals surface area (Å²) in [7, 11) is 0. The number of carbonyl (C=O) groups is 9. The molecule has 0 spiro atoms. The highest BCUT2D eigenvalue weighted by atomic mass is 16.7. The molecule has 18 rings (SSSR count). The van der Waals surface area contributed by atoms with Gasteiger partial charge in [-0.2, -0.15) is 0 Å².